The van der Waals surface area contributed by atoms with Crippen LogP contribution in [-0.2, 0) is 9.59 Å². The number of carbonyl (C=O) groups is 2. The van der Waals surface area contributed by atoms with Gasteiger partial charge in [0, 0.05) is 11.9 Å². The molecule has 144 valence electrons. The normalized spacial score (nSPS) is 10.7. The van der Waals surface area contributed by atoms with Crippen molar-refractivity contribution in [3.8, 4) is 5.69 Å². The molecule has 2 amide bonds. The fourth-order valence-corrected chi connectivity index (χ4v) is 3.56. The minimum atomic E-state index is -0.419. The Morgan fingerprint density at radius 2 is 1.93 bits per heavy atom. The number of hydrogen-bond donors (Lipinski definition) is 2. The van der Waals surface area contributed by atoms with Gasteiger partial charge in [-0.3, -0.25) is 29.8 Å². The lowest BCUT2D eigenvalue weighted by Gasteiger charge is -2.15. The molecule has 1 aromatic heterocycles. The van der Waals surface area contributed by atoms with Gasteiger partial charge in [-0.15, -0.1) is 0 Å². The monoisotopic (exact) mass is 416 g/mol. The summed E-state index contributed by atoms with van der Waals surface area (Å²) in [6, 6.07) is 12.3. The summed E-state index contributed by atoms with van der Waals surface area (Å²) >= 11 is 7.13. The SMILES string of the molecule is CC(=O)NNC(=O)CSc1nc2cc(Cl)ccc2c(=O)n1-c1ccccc1C. The zero-order chi connectivity index (χ0) is 20.3. The molecule has 0 fully saturated rings. The van der Waals surface area contributed by atoms with E-state index in [0.29, 0.717) is 26.8 Å². The van der Waals surface area contributed by atoms with E-state index in [4.69, 9.17) is 11.6 Å². The molecule has 0 aliphatic heterocycles. The maximum atomic E-state index is 13.2. The van der Waals surface area contributed by atoms with Gasteiger partial charge >= 0.3 is 0 Å². The summed E-state index contributed by atoms with van der Waals surface area (Å²) < 4.78 is 1.49. The van der Waals surface area contributed by atoms with E-state index in [1.54, 1.807) is 18.2 Å². The first-order valence-electron chi connectivity index (χ1n) is 8.33. The van der Waals surface area contributed by atoms with Gasteiger partial charge in [0.15, 0.2) is 5.16 Å². The molecular formula is C19H17ClN4O3S. The second-order valence-corrected chi connectivity index (χ2v) is 7.38. The molecule has 2 aromatic carbocycles. The fourth-order valence-electron chi connectivity index (χ4n) is 2.59. The van der Waals surface area contributed by atoms with Gasteiger partial charge in [-0.1, -0.05) is 41.6 Å². The average molecular weight is 417 g/mol. The highest BCUT2D eigenvalue weighted by Crippen LogP contribution is 2.24. The van der Waals surface area contributed by atoms with Crippen LogP contribution in [0, 0.1) is 6.92 Å². The number of fused-ring (bicyclic) bond motifs is 1. The maximum absolute atomic E-state index is 13.2. The van der Waals surface area contributed by atoms with Crippen LogP contribution in [0.3, 0.4) is 0 Å². The molecule has 0 bridgehead atoms. The first-order chi connectivity index (χ1) is 13.4. The molecule has 7 nitrogen and oxygen atoms in total. The topological polar surface area (TPSA) is 93.1 Å². The Hall–Kier alpha value is -2.84. The van der Waals surface area contributed by atoms with E-state index >= 15 is 0 Å². The van der Waals surface area contributed by atoms with Crippen molar-refractivity contribution in [2.75, 3.05) is 5.75 Å². The summed E-state index contributed by atoms with van der Waals surface area (Å²) in [5, 5.41) is 1.25. The van der Waals surface area contributed by atoms with Gasteiger partial charge < -0.3 is 0 Å². The number of carbonyl (C=O) groups excluding carboxylic acids is 2. The van der Waals surface area contributed by atoms with Crippen LogP contribution in [0.5, 0.6) is 0 Å². The number of rotatable bonds is 4. The number of benzene rings is 2. The number of thioether (sulfide) groups is 1. The molecule has 0 saturated carbocycles. The summed E-state index contributed by atoms with van der Waals surface area (Å²) in [5.41, 5.74) is 6.29. The van der Waals surface area contributed by atoms with Crippen LogP contribution in [0.25, 0.3) is 16.6 Å². The lowest BCUT2D eigenvalue weighted by atomic mass is 10.2. The van der Waals surface area contributed by atoms with E-state index in [1.165, 1.54) is 11.5 Å². The number of para-hydroxylation sites is 1. The molecule has 0 aliphatic carbocycles. The van der Waals surface area contributed by atoms with Gasteiger partial charge in [0.05, 0.1) is 22.3 Å². The number of hydrogen-bond acceptors (Lipinski definition) is 5. The van der Waals surface area contributed by atoms with Crippen LogP contribution in [0.2, 0.25) is 5.02 Å². The molecule has 0 unspecified atom stereocenters. The van der Waals surface area contributed by atoms with Crippen molar-refractivity contribution in [1.29, 1.82) is 0 Å². The number of halogens is 1. The Kier molecular flexibility index (Phi) is 6.01. The Balaban J connectivity index is 2.07. The van der Waals surface area contributed by atoms with Crippen molar-refractivity contribution in [3.63, 3.8) is 0 Å². The molecule has 0 atom stereocenters. The average Bonchev–Trinajstić information content (AvgIpc) is 2.65. The summed E-state index contributed by atoms with van der Waals surface area (Å²) in [6.07, 6.45) is 0. The third-order valence-corrected chi connectivity index (χ3v) is 5.04. The lowest BCUT2D eigenvalue weighted by molar-refractivity contribution is -0.126. The summed E-state index contributed by atoms with van der Waals surface area (Å²) in [5.74, 6) is -0.837. The first kappa shape index (κ1) is 19.9. The first-order valence-corrected chi connectivity index (χ1v) is 9.69. The van der Waals surface area contributed by atoms with Crippen LogP contribution in [0.1, 0.15) is 12.5 Å². The molecule has 0 spiro atoms. The molecule has 3 aromatic rings. The van der Waals surface area contributed by atoms with Crippen molar-refractivity contribution >= 4 is 46.1 Å². The standard InChI is InChI=1S/C19H17ClN4O3S/c1-11-5-3-4-6-16(11)24-18(27)14-8-7-13(20)9-15(14)21-19(24)28-10-17(26)23-22-12(2)25/h3-9H,10H2,1-2H3,(H,22,25)(H,23,26). The smallest absolute Gasteiger partial charge is 0.266 e. The van der Waals surface area contributed by atoms with Gasteiger partial charge in [-0.2, -0.15) is 0 Å². The lowest BCUT2D eigenvalue weighted by Crippen LogP contribution is -2.41. The molecule has 3 rings (SSSR count). The Bertz CT molecular complexity index is 1130. The number of aromatic nitrogens is 2. The van der Waals surface area contributed by atoms with Crippen molar-refractivity contribution in [3.05, 3.63) is 63.4 Å². The van der Waals surface area contributed by atoms with Crippen molar-refractivity contribution in [2.45, 2.75) is 19.0 Å². The second-order valence-electron chi connectivity index (χ2n) is 6.00. The zero-order valence-electron chi connectivity index (χ0n) is 15.2. The quantitative estimate of drug-likeness (QED) is 0.387. The minimum absolute atomic E-state index is 0.0370. The van der Waals surface area contributed by atoms with Crippen LogP contribution < -0.4 is 16.4 Å². The summed E-state index contributed by atoms with van der Waals surface area (Å²) in [6.45, 7) is 3.18. The number of nitrogens with zero attached hydrogens (tertiary/aromatic N) is 2. The highest BCUT2D eigenvalue weighted by atomic mass is 35.5. The Labute approximate surface area is 170 Å². The van der Waals surface area contributed by atoms with E-state index in [1.807, 2.05) is 31.2 Å². The molecule has 28 heavy (non-hydrogen) atoms. The second kappa shape index (κ2) is 8.45. The van der Waals surface area contributed by atoms with Crippen molar-refractivity contribution in [2.24, 2.45) is 0 Å². The fraction of sp³-hybridized carbons (Fsp3) is 0.158. The van der Waals surface area contributed by atoms with E-state index in [-0.39, 0.29) is 17.2 Å². The molecule has 2 N–H and O–H groups in total. The number of amides is 2. The number of aryl methyl sites for hydroxylation is 1. The van der Waals surface area contributed by atoms with E-state index in [0.717, 1.165) is 17.3 Å². The minimum Gasteiger partial charge on any atom is -0.274 e. The zero-order valence-corrected chi connectivity index (χ0v) is 16.7. The van der Waals surface area contributed by atoms with Gasteiger partial charge in [0.2, 0.25) is 11.8 Å². The number of hydrazine groups is 1. The summed E-state index contributed by atoms with van der Waals surface area (Å²) in [4.78, 5) is 40.6. The Morgan fingerprint density at radius 1 is 1.18 bits per heavy atom. The Morgan fingerprint density at radius 3 is 2.64 bits per heavy atom. The van der Waals surface area contributed by atoms with E-state index in [9.17, 15) is 14.4 Å². The number of nitrogens with one attached hydrogen (secondary N) is 2. The van der Waals surface area contributed by atoms with E-state index in [2.05, 4.69) is 15.8 Å². The predicted molar refractivity (Wildman–Crippen MR) is 110 cm³/mol. The molecule has 9 heteroatoms. The highest BCUT2D eigenvalue weighted by molar-refractivity contribution is 7.99. The van der Waals surface area contributed by atoms with Crippen molar-refractivity contribution in [1.82, 2.24) is 20.4 Å². The largest absolute Gasteiger partial charge is 0.274 e. The van der Waals surface area contributed by atoms with Gasteiger partial charge in [-0.25, -0.2) is 4.98 Å². The van der Waals surface area contributed by atoms with Crippen LogP contribution in [0.4, 0.5) is 0 Å². The molecule has 1 heterocycles. The maximum Gasteiger partial charge on any atom is 0.266 e. The van der Waals surface area contributed by atoms with Gasteiger partial charge in [-0.05, 0) is 36.8 Å². The van der Waals surface area contributed by atoms with E-state index < -0.39 is 5.91 Å². The third-order valence-electron chi connectivity index (χ3n) is 3.87. The highest BCUT2D eigenvalue weighted by Gasteiger charge is 2.16. The van der Waals surface area contributed by atoms with Crippen LogP contribution >= 0.6 is 23.4 Å². The predicted octanol–water partition coefficient (Wildman–Crippen LogP) is 2.61. The molecule has 0 saturated heterocycles. The van der Waals surface area contributed by atoms with Crippen LogP contribution in [0.15, 0.2) is 52.4 Å². The molecular weight excluding hydrogens is 400 g/mol. The van der Waals surface area contributed by atoms with Gasteiger partial charge in [0.1, 0.15) is 0 Å². The van der Waals surface area contributed by atoms with Crippen LogP contribution in [-0.4, -0.2) is 27.1 Å². The molecule has 0 radical (unpaired) electrons. The third kappa shape index (κ3) is 4.35. The molecule has 0 aliphatic rings. The summed E-state index contributed by atoms with van der Waals surface area (Å²) in [7, 11) is 0. The van der Waals surface area contributed by atoms with Gasteiger partial charge in [0.25, 0.3) is 5.56 Å². The van der Waals surface area contributed by atoms with Crippen molar-refractivity contribution < 1.29 is 9.59 Å².